The van der Waals surface area contributed by atoms with Crippen LogP contribution in [0.5, 0.6) is 0 Å². The first-order valence-electron chi connectivity index (χ1n) is 7.93. The maximum absolute atomic E-state index is 10.9. The highest BCUT2D eigenvalue weighted by Gasteiger charge is 2.29. The summed E-state index contributed by atoms with van der Waals surface area (Å²) in [5.41, 5.74) is 0.957. The maximum Gasteiger partial charge on any atom is 0.274 e. The van der Waals surface area contributed by atoms with Gasteiger partial charge in [0.05, 0.1) is 0 Å². The van der Waals surface area contributed by atoms with E-state index in [2.05, 4.69) is 17.0 Å². The second-order valence-corrected chi connectivity index (χ2v) is 5.98. The van der Waals surface area contributed by atoms with Crippen LogP contribution in [0, 0.1) is 10.1 Å². The molecule has 0 aromatic carbocycles. The first-order valence-corrected chi connectivity index (χ1v) is 8.31. The molecule has 2 heterocycles. The molecule has 2 rings (SSSR count). The normalized spacial score (nSPS) is 16.3. The predicted molar refractivity (Wildman–Crippen MR) is 89.8 cm³/mol. The van der Waals surface area contributed by atoms with Gasteiger partial charge in [0, 0.05) is 32.4 Å². The summed E-state index contributed by atoms with van der Waals surface area (Å²) in [6.07, 6.45) is 6.22. The van der Waals surface area contributed by atoms with Crippen LogP contribution in [0.3, 0.4) is 0 Å². The number of nitrogens with zero attached hydrogens (tertiary/aromatic N) is 5. The van der Waals surface area contributed by atoms with Gasteiger partial charge in [-0.05, 0) is 18.1 Å². The molecule has 0 radical (unpaired) electrons. The molecular formula is C15H22ClN5O2. The Labute approximate surface area is 141 Å². The van der Waals surface area contributed by atoms with Gasteiger partial charge in [0.2, 0.25) is 0 Å². The average Bonchev–Trinajstić information content (AvgIpc) is 2.88. The van der Waals surface area contributed by atoms with Crippen molar-refractivity contribution in [1.29, 1.82) is 0 Å². The van der Waals surface area contributed by atoms with Gasteiger partial charge in [-0.3, -0.25) is 0 Å². The molecule has 0 N–H and O–H groups in total. The monoisotopic (exact) mass is 339 g/mol. The molecule has 1 aromatic rings. The van der Waals surface area contributed by atoms with Gasteiger partial charge in [-0.25, -0.2) is 15.1 Å². The van der Waals surface area contributed by atoms with Crippen LogP contribution in [0.1, 0.15) is 38.2 Å². The van der Waals surface area contributed by atoms with Crippen LogP contribution in [-0.4, -0.2) is 45.4 Å². The second kappa shape index (κ2) is 8.67. The van der Waals surface area contributed by atoms with E-state index < -0.39 is 5.03 Å². The van der Waals surface area contributed by atoms with Gasteiger partial charge in [-0.2, -0.15) is 0 Å². The van der Waals surface area contributed by atoms with Gasteiger partial charge in [-0.15, -0.1) is 0 Å². The Kier molecular flexibility index (Phi) is 6.58. The third-order valence-electron chi connectivity index (χ3n) is 3.82. The largest absolute Gasteiger partial charge is 0.336 e. The predicted octanol–water partition coefficient (Wildman–Crippen LogP) is 2.98. The van der Waals surface area contributed by atoms with E-state index in [0.29, 0.717) is 17.7 Å². The number of hydrazone groups is 1. The fraction of sp³-hybridized carbons (Fsp3) is 0.600. The number of guanidine groups is 1. The van der Waals surface area contributed by atoms with E-state index in [1.807, 2.05) is 15.9 Å². The zero-order valence-corrected chi connectivity index (χ0v) is 14.1. The number of unbranched alkanes of at least 4 members (excludes halogenated alkanes) is 3. The van der Waals surface area contributed by atoms with Crippen LogP contribution in [-0.2, 0) is 6.54 Å². The molecule has 1 aliphatic heterocycles. The van der Waals surface area contributed by atoms with E-state index in [0.717, 1.165) is 38.0 Å². The summed E-state index contributed by atoms with van der Waals surface area (Å²) in [6.45, 7) is 5.00. The molecule has 1 aromatic heterocycles. The second-order valence-electron chi connectivity index (χ2n) is 5.60. The molecule has 0 spiro atoms. The zero-order chi connectivity index (χ0) is 16.7. The SMILES string of the molecule is CCCCCCN1CCN(Cc2ccc(Cl)nc2)/C1=N/[N+](=O)[O-]. The highest BCUT2D eigenvalue weighted by Crippen LogP contribution is 2.16. The van der Waals surface area contributed by atoms with Gasteiger partial charge in [0.15, 0.2) is 5.03 Å². The zero-order valence-electron chi connectivity index (χ0n) is 13.3. The molecule has 8 heteroatoms. The van der Waals surface area contributed by atoms with E-state index in [-0.39, 0.29) is 0 Å². The van der Waals surface area contributed by atoms with Crippen molar-refractivity contribution in [2.45, 2.75) is 39.2 Å². The Morgan fingerprint density at radius 3 is 2.74 bits per heavy atom. The molecule has 0 amide bonds. The van der Waals surface area contributed by atoms with Gasteiger partial charge in [-0.1, -0.05) is 43.9 Å². The fourth-order valence-electron chi connectivity index (χ4n) is 2.65. The van der Waals surface area contributed by atoms with Crippen molar-refractivity contribution in [3.63, 3.8) is 0 Å². The standard InChI is InChI=1S/C15H22ClN5O2/c1-2-3-4-5-8-19-9-10-20(15(19)18-21(22)23)12-13-6-7-14(16)17-11-13/h6-7,11H,2-5,8-10,12H2,1H3/b18-15+. The number of pyridine rings is 1. The summed E-state index contributed by atoms with van der Waals surface area (Å²) in [7, 11) is 0. The van der Waals surface area contributed by atoms with E-state index in [1.54, 1.807) is 12.3 Å². The van der Waals surface area contributed by atoms with Crippen LogP contribution in [0.2, 0.25) is 5.15 Å². The molecule has 0 bridgehead atoms. The molecule has 1 fully saturated rings. The topological polar surface area (TPSA) is 74.9 Å². The van der Waals surface area contributed by atoms with Crippen molar-refractivity contribution in [2.75, 3.05) is 19.6 Å². The van der Waals surface area contributed by atoms with Crippen LogP contribution < -0.4 is 0 Å². The van der Waals surface area contributed by atoms with Crippen molar-refractivity contribution in [3.8, 4) is 0 Å². The average molecular weight is 340 g/mol. The van der Waals surface area contributed by atoms with Crippen LogP contribution >= 0.6 is 11.6 Å². The van der Waals surface area contributed by atoms with Gasteiger partial charge >= 0.3 is 0 Å². The Hall–Kier alpha value is -1.89. The number of hydrogen-bond donors (Lipinski definition) is 0. The van der Waals surface area contributed by atoms with Crippen molar-refractivity contribution in [1.82, 2.24) is 14.8 Å². The molecule has 23 heavy (non-hydrogen) atoms. The molecule has 0 atom stereocenters. The van der Waals surface area contributed by atoms with Gasteiger partial charge < -0.3 is 9.80 Å². The molecule has 0 aliphatic carbocycles. The number of rotatable bonds is 8. The summed E-state index contributed by atoms with van der Waals surface area (Å²) >= 11 is 5.79. The van der Waals surface area contributed by atoms with E-state index >= 15 is 0 Å². The maximum atomic E-state index is 10.9. The summed E-state index contributed by atoms with van der Waals surface area (Å²) in [4.78, 5) is 18.8. The molecular weight excluding hydrogens is 318 g/mol. The molecule has 1 saturated heterocycles. The van der Waals surface area contributed by atoms with Crippen molar-refractivity contribution < 1.29 is 5.03 Å². The first kappa shape index (κ1) is 17.5. The van der Waals surface area contributed by atoms with E-state index in [9.17, 15) is 10.1 Å². The van der Waals surface area contributed by atoms with Crippen molar-refractivity contribution >= 4 is 17.6 Å². The quantitative estimate of drug-likeness (QED) is 0.315. The minimum absolute atomic E-state index is 0.437. The van der Waals surface area contributed by atoms with Crippen LogP contribution in [0.15, 0.2) is 23.4 Å². The third-order valence-corrected chi connectivity index (χ3v) is 4.04. The Morgan fingerprint density at radius 2 is 2.09 bits per heavy atom. The smallest absolute Gasteiger partial charge is 0.274 e. The summed E-state index contributed by atoms with van der Waals surface area (Å²) in [5.74, 6) is 0.446. The van der Waals surface area contributed by atoms with Crippen LogP contribution in [0.25, 0.3) is 0 Å². The van der Waals surface area contributed by atoms with Crippen LogP contribution in [0.4, 0.5) is 0 Å². The molecule has 1 aliphatic rings. The molecule has 126 valence electrons. The van der Waals surface area contributed by atoms with E-state index in [1.165, 1.54) is 12.8 Å². The number of nitro groups is 1. The Balaban J connectivity index is 2.01. The first-order chi connectivity index (χ1) is 11.1. The van der Waals surface area contributed by atoms with Gasteiger partial charge in [0.1, 0.15) is 10.3 Å². The summed E-state index contributed by atoms with van der Waals surface area (Å²) < 4.78 is 0. The van der Waals surface area contributed by atoms with Crippen molar-refractivity contribution in [3.05, 3.63) is 39.2 Å². The number of halogens is 1. The lowest BCUT2D eigenvalue weighted by atomic mass is 10.2. The molecule has 0 saturated carbocycles. The third kappa shape index (κ3) is 5.35. The molecule has 7 nitrogen and oxygen atoms in total. The minimum atomic E-state index is -0.618. The lowest BCUT2D eigenvalue weighted by molar-refractivity contribution is -0.486. The Bertz CT molecular complexity index is 549. The van der Waals surface area contributed by atoms with E-state index in [4.69, 9.17) is 11.6 Å². The van der Waals surface area contributed by atoms with Crippen molar-refractivity contribution in [2.24, 2.45) is 5.10 Å². The lowest BCUT2D eigenvalue weighted by Gasteiger charge is -2.20. The lowest BCUT2D eigenvalue weighted by Crippen LogP contribution is -2.34. The Morgan fingerprint density at radius 1 is 1.30 bits per heavy atom. The minimum Gasteiger partial charge on any atom is -0.336 e. The highest BCUT2D eigenvalue weighted by molar-refractivity contribution is 6.29. The highest BCUT2D eigenvalue weighted by atomic mass is 35.5. The molecule has 0 unspecified atom stereocenters. The van der Waals surface area contributed by atoms with Gasteiger partial charge in [0.25, 0.3) is 5.96 Å². The number of hydrogen-bond acceptors (Lipinski definition) is 3. The summed E-state index contributed by atoms with van der Waals surface area (Å²) in [5, 5.41) is 14.3. The fourth-order valence-corrected chi connectivity index (χ4v) is 2.76. The number of aromatic nitrogens is 1. The summed E-state index contributed by atoms with van der Waals surface area (Å²) in [6, 6.07) is 3.60.